The van der Waals surface area contributed by atoms with Crippen LogP contribution in [0, 0.1) is 0 Å². The zero-order valence-electron chi connectivity index (χ0n) is 14.9. The third-order valence-electron chi connectivity index (χ3n) is 4.17. The first-order valence-electron chi connectivity index (χ1n) is 8.88. The second-order valence-corrected chi connectivity index (χ2v) is 6.07. The number of nitrogens with one attached hydrogen (secondary N) is 1. The number of ether oxygens (including phenoxy) is 2. The van der Waals surface area contributed by atoms with E-state index < -0.39 is 0 Å². The minimum absolute atomic E-state index is 0.0828. The van der Waals surface area contributed by atoms with Crippen LogP contribution in [-0.4, -0.2) is 35.4 Å². The quantitative estimate of drug-likeness (QED) is 0.771. The Hall–Kier alpha value is -2.83. The van der Waals surface area contributed by atoms with Crippen LogP contribution < -0.4 is 20.3 Å². The van der Waals surface area contributed by atoms with Crippen LogP contribution in [0.1, 0.15) is 24.6 Å². The van der Waals surface area contributed by atoms with Gasteiger partial charge in [0.1, 0.15) is 11.5 Å². The highest BCUT2D eigenvalue weighted by molar-refractivity contribution is 5.77. The van der Waals surface area contributed by atoms with Crippen molar-refractivity contribution in [1.29, 1.82) is 0 Å². The first-order valence-corrected chi connectivity index (χ1v) is 8.88. The molecule has 0 atom stereocenters. The normalized spacial score (nSPS) is 12.5. The van der Waals surface area contributed by atoms with Crippen molar-refractivity contribution < 1.29 is 14.3 Å². The van der Waals surface area contributed by atoms with Crippen LogP contribution in [0.25, 0.3) is 0 Å². The van der Waals surface area contributed by atoms with E-state index in [0.717, 1.165) is 36.3 Å². The molecule has 0 unspecified atom stereocenters. The van der Waals surface area contributed by atoms with Crippen LogP contribution in [0.4, 0.5) is 0 Å². The van der Waals surface area contributed by atoms with Gasteiger partial charge in [0.25, 0.3) is 11.5 Å². The number of rotatable bonds is 8. The number of hydrogen-bond donors (Lipinski definition) is 1. The first-order chi connectivity index (χ1) is 12.7. The smallest absolute Gasteiger partial charge is 0.267 e. The van der Waals surface area contributed by atoms with Gasteiger partial charge < -0.3 is 14.8 Å². The number of amides is 1. The maximum atomic E-state index is 12.0. The summed E-state index contributed by atoms with van der Waals surface area (Å²) >= 11 is 0. The van der Waals surface area contributed by atoms with Crippen LogP contribution >= 0.6 is 0 Å². The predicted molar refractivity (Wildman–Crippen MR) is 96.6 cm³/mol. The van der Waals surface area contributed by atoms with E-state index in [0.29, 0.717) is 25.4 Å². The second kappa shape index (κ2) is 8.51. The van der Waals surface area contributed by atoms with E-state index in [1.54, 1.807) is 30.3 Å². The Morgan fingerprint density at radius 2 is 1.92 bits per heavy atom. The molecule has 7 nitrogen and oxygen atoms in total. The molecule has 0 bridgehead atoms. The molecule has 0 radical (unpaired) electrons. The summed E-state index contributed by atoms with van der Waals surface area (Å²) in [5.41, 5.74) is 1.93. The average molecular weight is 357 g/mol. The maximum absolute atomic E-state index is 12.0. The summed E-state index contributed by atoms with van der Waals surface area (Å²) in [6.45, 7) is 3.12. The summed E-state index contributed by atoms with van der Waals surface area (Å²) in [6, 6.07) is 8.76. The minimum atomic E-state index is -0.243. The predicted octanol–water partition coefficient (Wildman–Crippen LogP) is 1.33. The van der Waals surface area contributed by atoms with Crippen molar-refractivity contribution in [1.82, 2.24) is 15.1 Å². The zero-order valence-corrected chi connectivity index (χ0v) is 14.9. The molecule has 138 valence electrons. The molecule has 0 fully saturated rings. The molecule has 1 N–H and O–H groups in total. The molecule has 1 amide bonds. The first kappa shape index (κ1) is 18.0. The number of aryl methyl sites for hydroxylation is 2. The number of benzene rings is 1. The molecule has 0 saturated heterocycles. The molecule has 3 rings (SSSR count). The Kier molecular flexibility index (Phi) is 5.88. The van der Waals surface area contributed by atoms with E-state index >= 15 is 0 Å². The number of carbonyl (C=O) groups excluding carboxylic acids is 1. The van der Waals surface area contributed by atoms with E-state index in [4.69, 9.17) is 9.47 Å². The van der Waals surface area contributed by atoms with Crippen molar-refractivity contribution in [3.63, 3.8) is 0 Å². The summed E-state index contributed by atoms with van der Waals surface area (Å²) in [7, 11) is 0. The summed E-state index contributed by atoms with van der Waals surface area (Å²) in [5, 5.41) is 7.12. The molecule has 26 heavy (non-hydrogen) atoms. The van der Waals surface area contributed by atoms with Gasteiger partial charge in [-0.25, -0.2) is 4.68 Å². The Labute approximate surface area is 151 Å². The van der Waals surface area contributed by atoms with Crippen molar-refractivity contribution in [2.24, 2.45) is 0 Å². The van der Waals surface area contributed by atoms with Crippen molar-refractivity contribution in [3.8, 4) is 11.5 Å². The second-order valence-electron chi connectivity index (χ2n) is 6.07. The van der Waals surface area contributed by atoms with Crippen LogP contribution in [0.3, 0.4) is 0 Å². The van der Waals surface area contributed by atoms with Crippen LogP contribution in [0.15, 0.2) is 35.1 Å². The molecular formula is C19H23N3O4. The highest BCUT2D eigenvalue weighted by atomic mass is 16.5. The third-order valence-corrected chi connectivity index (χ3v) is 4.17. The average Bonchev–Trinajstić information content (AvgIpc) is 3.08. The van der Waals surface area contributed by atoms with Crippen molar-refractivity contribution in [2.75, 3.05) is 19.8 Å². The molecule has 1 aliphatic rings. The fraction of sp³-hybridized carbons (Fsp3) is 0.421. The Bertz CT molecular complexity index is 815. The zero-order chi connectivity index (χ0) is 18.4. The molecule has 1 heterocycles. The van der Waals surface area contributed by atoms with E-state index in [1.807, 2.05) is 6.92 Å². The van der Waals surface area contributed by atoms with E-state index in [-0.39, 0.29) is 18.1 Å². The topological polar surface area (TPSA) is 82.4 Å². The number of carbonyl (C=O) groups is 1. The van der Waals surface area contributed by atoms with Gasteiger partial charge in [-0.05, 0) is 56.0 Å². The lowest BCUT2D eigenvalue weighted by Crippen LogP contribution is -2.34. The highest BCUT2D eigenvalue weighted by Gasteiger charge is 2.14. The van der Waals surface area contributed by atoms with Gasteiger partial charge in [-0.1, -0.05) is 0 Å². The van der Waals surface area contributed by atoms with E-state index in [2.05, 4.69) is 10.4 Å². The Morgan fingerprint density at radius 1 is 1.19 bits per heavy atom. The highest BCUT2D eigenvalue weighted by Crippen LogP contribution is 2.17. The molecule has 1 aromatic carbocycles. The summed E-state index contributed by atoms with van der Waals surface area (Å²) in [4.78, 5) is 23.9. The fourth-order valence-electron chi connectivity index (χ4n) is 2.90. The van der Waals surface area contributed by atoms with Crippen molar-refractivity contribution >= 4 is 5.91 Å². The van der Waals surface area contributed by atoms with Gasteiger partial charge in [-0.15, -0.1) is 0 Å². The van der Waals surface area contributed by atoms with Crippen molar-refractivity contribution in [2.45, 2.75) is 32.7 Å². The maximum Gasteiger partial charge on any atom is 0.267 e. The van der Waals surface area contributed by atoms with Gasteiger partial charge >= 0.3 is 0 Å². The SMILES string of the molecule is CCOc1ccc(OCC(=O)NCCn2nc3c(cc2=O)CCC3)cc1. The van der Waals surface area contributed by atoms with Gasteiger partial charge in [0.2, 0.25) is 0 Å². The minimum Gasteiger partial charge on any atom is -0.494 e. The summed E-state index contributed by atoms with van der Waals surface area (Å²) < 4.78 is 12.2. The van der Waals surface area contributed by atoms with Gasteiger partial charge in [0, 0.05) is 12.6 Å². The van der Waals surface area contributed by atoms with Gasteiger partial charge in [0.05, 0.1) is 18.8 Å². The molecule has 0 saturated carbocycles. The van der Waals surface area contributed by atoms with Gasteiger partial charge in [0.15, 0.2) is 6.61 Å². The molecule has 7 heteroatoms. The molecular weight excluding hydrogens is 334 g/mol. The number of hydrogen-bond acceptors (Lipinski definition) is 5. The molecule has 0 spiro atoms. The van der Waals surface area contributed by atoms with E-state index in [9.17, 15) is 9.59 Å². The molecule has 2 aromatic rings. The van der Waals surface area contributed by atoms with Gasteiger partial charge in [-0.3, -0.25) is 9.59 Å². The Morgan fingerprint density at radius 3 is 2.65 bits per heavy atom. The van der Waals surface area contributed by atoms with Gasteiger partial charge in [-0.2, -0.15) is 5.10 Å². The Balaban J connectivity index is 1.42. The van der Waals surface area contributed by atoms with E-state index in [1.165, 1.54) is 4.68 Å². The lowest BCUT2D eigenvalue weighted by molar-refractivity contribution is -0.123. The number of nitrogens with zero attached hydrogens (tertiary/aromatic N) is 2. The summed E-state index contributed by atoms with van der Waals surface area (Å²) in [6.07, 6.45) is 2.89. The van der Waals surface area contributed by atoms with Crippen molar-refractivity contribution in [3.05, 3.63) is 51.9 Å². The fourth-order valence-corrected chi connectivity index (χ4v) is 2.90. The lowest BCUT2D eigenvalue weighted by atomic mass is 10.2. The molecule has 0 aliphatic heterocycles. The number of fused-ring (bicyclic) bond motifs is 1. The van der Waals surface area contributed by atoms with Crippen LogP contribution in [0.5, 0.6) is 11.5 Å². The standard InChI is InChI=1S/C19H23N3O4/c1-2-25-15-6-8-16(9-7-15)26-13-18(23)20-10-11-22-19(24)12-14-4-3-5-17(14)21-22/h6-9,12H,2-5,10-11,13H2,1H3,(H,20,23). The van der Waals surface area contributed by atoms with Crippen LogP contribution in [-0.2, 0) is 24.2 Å². The third kappa shape index (κ3) is 4.62. The monoisotopic (exact) mass is 357 g/mol. The van der Waals surface area contributed by atoms with Crippen LogP contribution in [0.2, 0.25) is 0 Å². The summed E-state index contributed by atoms with van der Waals surface area (Å²) in [5.74, 6) is 1.12. The largest absolute Gasteiger partial charge is 0.494 e. The molecule has 1 aliphatic carbocycles. The molecule has 1 aromatic heterocycles. The number of aromatic nitrogens is 2. The lowest BCUT2D eigenvalue weighted by Gasteiger charge is -2.10.